The molecule has 1 atom stereocenters. The molecule has 0 saturated heterocycles. The third-order valence-corrected chi connectivity index (χ3v) is 2.54. The molecule has 0 fully saturated rings. The Kier molecular flexibility index (Phi) is 5.79. The topological polar surface area (TPSA) is 9.23 Å². The quantitative estimate of drug-likeness (QED) is 0.544. The lowest BCUT2D eigenvalue weighted by atomic mass is 10.0. The Balaban J connectivity index is 6.52. The van der Waals surface area contributed by atoms with Crippen LogP contribution in [-0.2, 0) is 4.74 Å². The average Bonchev–Trinajstić information content (AvgIpc) is 2.41. The van der Waals surface area contributed by atoms with Gasteiger partial charge in [-0.15, -0.1) is 0 Å². The van der Waals surface area contributed by atoms with E-state index in [4.69, 9.17) is 0 Å². The van der Waals surface area contributed by atoms with Crippen molar-refractivity contribution in [2.75, 3.05) is 7.11 Å². The maximum absolute atomic E-state index is 13.1. The Bertz CT molecular complexity index is 526. The molecule has 0 amide bonds. The summed E-state index contributed by atoms with van der Waals surface area (Å²) in [5, 5.41) is 0. The molecule has 0 saturated carbocycles. The van der Waals surface area contributed by atoms with Crippen molar-refractivity contribution >= 4 is 0 Å². The maximum Gasteiger partial charge on any atom is 0.460 e. The van der Waals surface area contributed by atoms with Gasteiger partial charge in [0.2, 0.25) is 11.7 Å². The van der Waals surface area contributed by atoms with E-state index in [9.17, 15) is 65.9 Å². The van der Waals surface area contributed by atoms with Crippen LogP contribution in [-0.4, -0.2) is 43.1 Å². The van der Waals surface area contributed by atoms with Crippen molar-refractivity contribution < 1.29 is 70.6 Å². The molecule has 0 rings (SSSR count). The van der Waals surface area contributed by atoms with Gasteiger partial charge in [0.25, 0.3) is 0 Å². The van der Waals surface area contributed by atoms with Gasteiger partial charge in [0.15, 0.2) is 0 Å². The van der Waals surface area contributed by atoms with Crippen LogP contribution in [0.2, 0.25) is 0 Å². The van der Waals surface area contributed by atoms with Crippen LogP contribution in [0.3, 0.4) is 0 Å². The Hall–Kier alpha value is -1.35. The van der Waals surface area contributed by atoms with Gasteiger partial charge in [-0.2, -0.15) is 57.1 Å². The van der Waals surface area contributed by atoms with Gasteiger partial charge in [0, 0.05) is 7.11 Å². The molecule has 0 aliphatic rings. The summed E-state index contributed by atoms with van der Waals surface area (Å²) in [6.45, 7) is 0. The zero-order chi connectivity index (χ0) is 20.9. The third-order valence-electron chi connectivity index (χ3n) is 2.54. The molecule has 1 nitrogen and oxygen atoms in total. The molecule has 0 radical (unpaired) electrons. The largest absolute Gasteiger partial charge is 0.460 e. The number of halogens is 15. The average molecular weight is 412 g/mol. The predicted molar refractivity (Wildman–Crippen MR) is 47.0 cm³/mol. The Morgan fingerprint density at radius 3 is 1.16 bits per heavy atom. The zero-order valence-corrected chi connectivity index (χ0v) is 11.1. The molecule has 0 aromatic rings. The molecule has 0 spiro atoms. The van der Waals surface area contributed by atoms with Crippen LogP contribution >= 0.6 is 0 Å². The molecule has 1 unspecified atom stereocenters. The van der Waals surface area contributed by atoms with Gasteiger partial charge in [0.1, 0.15) is 0 Å². The van der Waals surface area contributed by atoms with E-state index in [0.717, 1.165) is 0 Å². The Morgan fingerprint density at radius 2 is 0.920 bits per heavy atom. The van der Waals surface area contributed by atoms with Gasteiger partial charge in [-0.3, -0.25) is 0 Å². The lowest BCUT2D eigenvalue weighted by Gasteiger charge is -2.33. The molecule has 0 heterocycles. The number of alkyl halides is 13. The van der Waals surface area contributed by atoms with Crippen LogP contribution in [0.1, 0.15) is 0 Å². The minimum atomic E-state index is -7.83. The van der Waals surface area contributed by atoms with Gasteiger partial charge >= 0.3 is 36.0 Å². The molecule has 0 aliphatic carbocycles. The van der Waals surface area contributed by atoms with Gasteiger partial charge in [-0.1, -0.05) is 0 Å². The highest BCUT2D eigenvalue weighted by molar-refractivity contribution is 5.23. The second-order valence-corrected chi connectivity index (χ2v) is 4.15. The first-order chi connectivity index (χ1) is 10.6. The summed E-state index contributed by atoms with van der Waals surface area (Å²) in [5.41, 5.74) is 0. The highest BCUT2D eigenvalue weighted by Gasteiger charge is 2.83. The summed E-state index contributed by atoms with van der Waals surface area (Å²) in [7, 11) is -0.416. The minimum Gasteiger partial charge on any atom is -0.337 e. The van der Waals surface area contributed by atoms with Gasteiger partial charge in [0.05, 0.1) is 0 Å². The van der Waals surface area contributed by atoms with Crippen molar-refractivity contribution in [1.29, 1.82) is 0 Å². The smallest absolute Gasteiger partial charge is 0.337 e. The highest BCUT2D eigenvalue weighted by atomic mass is 19.4. The lowest BCUT2D eigenvalue weighted by molar-refractivity contribution is -0.392. The van der Waals surface area contributed by atoms with E-state index < -0.39 is 54.7 Å². The summed E-state index contributed by atoms with van der Waals surface area (Å²) < 4.78 is 190. The van der Waals surface area contributed by atoms with Crippen molar-refractivity contribution in [3.05, 3.63) is 11.7 Å². The Morgan fingerprint density at radius 1 is 0.560 bits per heavy atom. The van der Waals surface area contributed by atoms with Gasteiger partial charge in [-0.05, 0) is 0 Å². The zero-order valence-electron chi connectivity index (χ0n) is 11.1. The molecular weight excluding hydrogens is 409 g/mol. The lowest BCUT2D eigenvalue weighted by Crippen LogP contribution is -2.61. The molecule has 25 heavy (non-hydrogen) atoms. The predicted octanol–water partition coefficient (Wildman–Crippen LogP) is 5.48. The first-order valence-electron chi connectivity index (χ1n) is 5.20. The third kappa shape index (κ3) is 3.36. The molecule has 16 heteroatoms. The standard InChI is InChI=1S/C9H3F15O/c1-25-5(14,8(19,20)21)3(11)2(10)4(12,13)6(15,16)7(17,18)9(22,23)24/h1H3/b3-2+. The summed E-state index contributed by atoms with van der Waals surface area (Å²) in [4.78, 5) is 0. The molecule has 0 bridgehead atoms. The molecule has 0 aromatic carbocycles. The molecule has 0 aromatic heterocycles. The van der Waals surface area contributed by atoms with E-state index in [1.165, 1.54) is 0 Å². The van der Waals surface area contributed by atoms with E-state index in [1.807, 2.05) is 0 Å². The SMILES string of the molecule is COC(F)(/C(F)=C(\F)C(F)(F)C(F)(F)C(F)(F)C(F)(F)F)C(F)(F)F. The second kappa shape index (κ2) is 6.12. The van der Waals surface area contributed by atoms with Crippen molar-refractivity contribution in [2.24, 2.45) is 0 Å². The van der Waals surface area contributed by atoms with Crippen molar-refractivity contribution in [3.63, 3.8) is 0 Å². The number of allylic oxidation sites excluding steroid dienone is 1. The fraction of sp³-hybridized carbons (Fsp3) is 0.778. The molecular formula is C9H3F15O. The number of rotatable bonds is 5. The molecule has 150 valence electrons. The van der Waals surface area contributed by atoms with Crippen LogP contribution in [0.4, 0.5) is 65.9 Å². The van der Waals surface area contributed by atoms with E-state index in [1.54, 1.807) is 0 Å². The summed E-state index contributed by atoms with van der Waals surface area (Å²) in [6, 6.07) is 0. The van der Waals surface area contributed by atoms with Crippen molar-refractivity contribution in [3.8, 4) is 0 Å². The maximum atomic E-state index is 13.1. The van der Waals surface area contributed by atoms with Crippen LogP contribution in [0, 0.1) is 0 Å². The van der Waals surface area contributed by atoms with Gasteiger partial charge < -0.3 is 4.74 Å². The number of methoxy groups -OCH3 is 1. The van der Waals surface area contributed by atoms with E-state index in [-0.39, 0.29) is 0 Å². The molecule has 0 aliphatic heterocycles. The summed E-state index contributed by atoms with van der Waals surface area (Å²) >= 11 is 0. The first kappa shape index (κ1) is 23.6. The van der Waals surface area contributed by atoms with E-state index in [2.05, 4.69) is 4.74 Å². The van der Waals surface area contributed by atoms with E-state index >= 15 is 0 Å². The van der Waals surface area contributed by atoms with Crippen LogP contribution < -0.4 is 0 Å². The van der Waals surface area contributed by atoms with Crippen molar-refractivity contribution in [2.45, 2.75) is 36.0 Å². The normalized spacial score (nSPS) is 18.7. The number of hydrogen-bond acceptors (Lipinski definition) is 1. The number of ether oxygens (including phenoxy) is 1. The van der Waals surface area contributed by atoms with Crippen molar-refractivity contribution in [1.82, 2.24) is 0 Å². The highest BCUT2D eigenvalue weighted by Crippen LogP contribution is 2.57. The van der Waals surface area contributed by atoms with Gasteiger partial charge in [-0.25, -0.2) is 8.78 Å². The summed E-state index contributed by atoms with van der Waals surface area (Å²) in [5.74, 6) is -38.7. The first-order valence-corrected chi connectivity index (χ1v) is 5.20. The fourth-order valence-electron chi connectivity index (χ4n) is 1.12. The minimum absolute atomic E-state index is 0.416. The van der Waals surface area contributed by atoms with E-state index in [0.29, 0.717) is 0 Å². The molecule has 0 N–H and O–H groups in total. The second-order valence-electron chi connectivity index (χ2n) is 4.15. The van der Waals surface area contributed by atoms with Crippen LogP contribution in [0.5, 0.6) is 0 Å². The van der Waals surface area contributed by atoms with Crippen LogP contribution in [0.15, 0.2) is 11.7 Å². The summed E-state index contributed by atoms with van der Waals surface area (Å²) in [6.07, 6.45) is -14.2. The van der Waals surface area contributed by atoms with Crippen LogP contribution in [0.25, 0.3) is 0 Å². The Labute approximate surface area is 127 Å². The number of hydrogen-bond donors (Lipinski definition) is 0. The fourth-order valence-corrected chi connectivity index (χ4v) is 1.12. The monoisotopic (exact) mass is 412 g/mol.